The molecule has 1 aromatic heterocycles. The molecular weight excluding hydrogens is 336 g/mol. The number of hydrogen-bond acceptors (Lipinski definition) is 3. The first kappa shape index (κ1) is 13.9. The molecule has 1 N–H and O–H groups in total. The standard InChI is InChI=1S/C11H16Br2N2O/c1-2-3-4-15(5-6-16)11-10(13)7-9(12)8-14-11/h7-8,16H,2-6H2,1H3. The fourth-order valence-electron chi connectivity index (χ4n) is 1.43. The quantitative estimate of drug-likeness (QED) is 0.854. The summed E-state index contributed by atoms with van der Waals surface area (Å²) in [7, 11) is 0. The lowest BCUT2D eigenvalue weighted by atomic mass is 10.3. The second-order valence-corrected chi connectivity index (χ2v) is 5.29. The van der Waals surface area contributed by atoms with Crippen LogP contribution >= 0.6 is 31.9 Å². The zero-order chi connectivity index (χ0) is 12.0. The lowest BCUT2D eigenvalue weighted by molar-refractivity contribution is 0.301. The zero-order valence-electron chi connectivity index (χ0n) is 9.29. The Kier molecular flexibility index (Phi) is 6.31. The van der Waals surface area contributed by atoms with Gasteiger partial charge in [0.1, 0.15) is 5.82 Å². The summed E-state index contributed by atoms with van der Waals surface area (Å²) in [4.78, 5) is 6.47. The number of nitrogens with zero attached hydrogens (tertiary/aromatic N) is 2. The van der Waals surface area contributed by atoms with Crippen LogP contribution in [0.25, 0.3) is 0 Å². The van der Waals surface area contributed by atoms with Gasteiger partial charge in [0, 0.05) is 23.8 Å². The van der Waals surface area contributed by atoms with Crippen LogP contribution in [0.3, 0.4) is 0 Å². The summed E-state index contributed by atoms with van der Waals surface area (Å²) in [6.45, 7) is 3.84. The van der Waals surface area contributed by atoms with E-state index in [1.165, 1.54) is 0 Å². The van der Waals surface area contributed by atoms with E-state index in [9.17, 15) is 0 Å². The van der Waals surface area contributed by atoms with Crippen molar-refractivity contribution in [2.24, 2.45) is 0 Å². The van der Waals surface area contributed by atoms with Gasteiger partial charge in [-0.1, -0.05) is 13.3 Å². The maximum Gasteiger partial charge on any atom is 0.143 e. The van der Waals surface area contributed by atoms with Gasteiger partial charge in [-0.2, -0.15) is 0 Å². The van der Waals surface area contributed by atoms with Crippen molar-refractivity contribution in [3.05, 3.63) is 21.2 Å². The van der Waals surface area contributed by atoms with Gasteiger partial charge in [0.25, 0.3) is 0 Å². The highest BCUT2D eigenvalue weighted by atomic mass is 79.9. The Hall–Kier alpha value is -0.130. The maximum absolute atomic E-state index is 9.05. The molecule has 0 unspecified atom stereocenters. The molecule has 90 valence electrons. The highest BCUT2D eigenvalue weighted by Gasteiger charge is 2.10. The van der Waals surface area contributed by atoms with E-state index in [4.69, 9.17) is 5.11 Å². The molecule has 1 rings (SSSR count). The summed E-state index contributed by atoms with van der Waals surface area (Å²) in [6.07, 6.45) is 4.01. The minimum Gasteiger partial charge on any atom is -0.395 e. The van der Waals surface area contributed by atoms with Crippen LogP contribution < -0.4 is 4.90 Å². The van der Waals surface area contributed by atoms with Crippen LogP contribution in [0, 0.1) is 0 Å². The predicted octanol–water partition coefficient (Wildman–Crippen LogP) is 3.21. The summed E-state index contributed by atoms with van der Waals surface area (Å²) in [5.74, 6) is 0.894. The third-order valence-corrected chi connectivity index (χ3v) is 3.26. The fourth-order valence-corrected chi connectivity index (χ4v) is 2.67. The molecule has 0 fully saturated rings. The van der Waals surface area contributed by atoms with E-state index in [2.05, 4.69) is 48.7 Å². The first-order chi connectivity index (χ1) is 7.69. The smallest absolute Gasteiger partial charge is 0.143 e. The summed E-state index contributed by atoms with van der Waals surface area (Å²) in [5, 5.41) is 9.05. The molecule has 0 atom stereocenters. The highest BCUT2D eigenvalue weighted by molar-refractivity contribution is 9.11. The molecule has 0 saturated carbocycles. The first-order valence-electron chi connectivity index (χ1n) is 5.36. The normalized spacial score (nSPS) is 10.5. The summed E-state index contributed by atoms with van der Waals surface area (Å²) in [6, 6.07) is 1.97. The van der Waals surface area contributed by atoms with Crippen LogP contribution in [0.5, 0.6) is 0 Å². The van der Waals surface area contributed by atoms with Gasteiger partial charge < -0.3 is 10.0 Å². The fraction of sp³-hybridized carbons (Fsp3) is 0.545. The van der Waals surface area contributed by atoms with Gasteiger partial charge in [-0.05, 0) is 44.3 Å². The van der Waals surface area contributed by atoms with E-state index in [0.717, 1.165) is 34.1 Å². The highest BCUT2D eigenvalue weighted by Crippen LogP contribution is 2.26. The Morgan fingerprint density at radius 2 is 2.12 bits per heavy atom. The van der Waals surface area contributed by atoms with E-state index in [1.807, 2.05) is 6.07 Å². The number of halogens is 2. The third kappa shape index (κ3) is 4.03. The molecule has 1 aromatic rings. The average Bonchev–Trinajstić information content (AvgIpc) is 2.25. The zero-order valence-corrected chi connectivity index (χ0v) is 12.5. The van der Waals surface area contributed by atoms with E-state index in [-0.39, 0.29) is 6.61 Å². The van der Waals surface area contributed by atoms with Crippen molar-refractivity contribution in [1.29, 1.82) is 0 Å². The lowest BCUT2D eigenvalue weighted by Crippen LogP contribution is -2.28. The molecule has 16 heavy (non-hydrogen) atoms. The van der Waals surface area contributed by atoms with E-state index in [0.29, 0.717) is 6.54 Å². The monoisotopic (exact) mass is 350 g/mol. The summed E-state index contributed by atoms with van der Waals surface area (Å²) in [5.41, 5.74) is 0. The van der Waals surface area contributed by atoms with Gasteiger partial charge in [0.15, 0.2) is 0 Å². The molecule has 0 aliphatic carbocycles. The molecule has 0 radical (unpaired) electrons. The molecule has 0 amide bonds. The predicted molar refractivity (Wildman–Crippen MR) is 73.8 cm³/mol. The maximum atomic E-state index is 9.05. The molecule has 0 saturated heterocycles. The second kappa shape index (κ2) is 7.25. The van der Waals surface area contributed by atoms with Crippen molar-refractivity contribution in [2.45, 2.75) is 19.8 Å². The molecule has 0 spiro atoms. The van der Waals surface area contributed by atoms with Crippen LogP contribution in [-0.4, -0.2) is 29.8 Å². The summed E-state index contributed by atoms with van der Waals surface area (Å²) < 4.78 is 1.90. The minimum atomic E-state index is 0.147. The van der Waals surface area contributed by atoms with E-state index in [1.54, 1.807) is 6.20 Å². The second-order valence-electron chi connectivity index (χ2n) is 3.52. The number of aliphatic hydroxyl groups is 1. The largest absolute Gasteiger partial charge is 0.395 e. The molecule has 0 aliphatic rings. The van der Waals surface area contributed by atoms with Gasteiger partial charge in [-0.25, -0.2) is 4.98 Å². The number of anilines is 1. The van der Waals surface area contributed by atoms with Crippen molar-refractivity contribution in [3.8, 4) is 0 Å². The van der Waals surface area contributed by atoms with Crippen molar-refractivity contribution < 1.29 is 5.11 Å². The SMILES string of the molecule is CCCCN(CCO)c1ncc(Br)cc1Br. The number of unbranched alkanes of at least 4 members (excludes halogenated alkanes) is 1. The summed E-state index contributed by atoms with van der Waals surface area (Å²) >= 11 is 6.87. The number of pyridine rings is 1. The minimum absolute atomic E-state index is 0.147. The first-order valence-corrected chi connectivity index (χ1v) is 6.94. The van der Waals surface area contributed by atoms with Crippen LogP contribution in [0.1, 0.15) is 19.8 Å². The Balaban J connectivity index is 2.82. The van der Waals surface area contributed by atoms with E-state index < -0.39 is 0 Å². The Morgan fingerprint density at radius 3 is 2.69 bits per heavy atom. The molecule has 0 bridgehead atoms. The Bertz CT molecular complexity index is 334. The van der Waals surface area contributed by atoms with Gasteiger partial charge in [-0.3, -0.25) is 0 Å². The van der Waals surface area contributed by atoms with Gasteiger partial charge >= 0.3 is 0 Å². The lowest BCUT2D eigenvalue weighted by Gasteiger charge is -2.23. The molecule has 5 heteroatoms. The van der Waals surface area contributed by atoms with E-state index >= 15 is 0 Å². The van der Waals surface area contributed by atoms with Crippen LogP contribution in [-0.2, 0) is 0 Å². The Morgan fingerprint density at radius 1 is 1.38 bits per heavy atom. The number of rotatable bonds is 6. The van der Waals surface area contributed by atoms with Crippen molar-refractivity contribution in [3.63, 3.8) is 0 Å². The van der Waals surface area contributed by atoms with Gasteiger partial charge in [-0.15, -0.1) is 0 Å². The van der Waals surface area contributed by atoms with Crippen molar-refractivity contribution >= 4 is 37.7 Å². The Labute approximate surface area is 113 Å². The van der Waals surface area contributed by atoms with Crippen LogP contribution in [0.4, 0.5) is 5.82 Å². The molecule has 1 heterocycles. The number of aromatic nitrogens is 1. The number of aliphatic hydroxyl groups excluding tert-OH is 1. The van der Waals surface area contributed by atoms with Gasteiger partial charge in [0.2, 0.25) is 0 Å². The topological polar surface area (TPSA) is 36.4 Å². The number of hydrogen-bond donors (Lipinski definition) is 1. The van der Waals surface area contributed by atoms with Crippen LogP contribution in [0.2, 0.25) is 0 Å². The van der Waals surface area contributed by atoms with Gasteiger partial charge in [0.05, 0.1) is 11.1 Å². The molecule has 0 aliphatic heterocycles. The average molecular weight is 352 g/mol. The molecular formula is C11H16Br2N2O. The third-order valence-electron chi connectivity index (χ3n) is 2.24. The van der Waals surface area contributed by atoms with Crippen LogP contribution in [0.15, 0.2) is 21.2 Å². The molecule has 0 aromatic carbocycles. The van der Waals surface area contributed by atoms with Crippen molar-refractivity contribution in [1.82, 2.24) is 4.98 Å². The van der Waals surface area contributed by atoms with Crippen molar-refractivity contribution in [2.75, 3.05) is 24.6 Å². The molecule has 3 nitrogen and oxygen atoms in total.